The Morgan fingerprint density at radius 3 is 2.76 bits per heavy atom. The fourth-order valence-electron chi connectivity index (χ4n) is 3.18. The number of nitrogens with zero attached hydrogens (tertiary/aromatic N) is 4. The number of aromatic nitrogens is 3. The van der Waals surface area contributed by atoms with Crippen molar-refractivity contribution in [2.75, 3.05) is 13.1 Å². The number of aryl methyl sites for hydroxylation is 1. The predicted octanol–water partition coefficient (Wildman–Crippen LogP) is 3.43. The third-order valence-electron chi connectivity index (χ3n) is 4.63. The van der Waals surface area contributed by atoms with Crippen LogP contribution < -0.4 is 11.1 Å². The topological polar surface area (TPSA) is 81.1 Å². The minimum Gasteiger partial charge on any atom is -0.370 e. The average molecular weight is 462 g/mol. The van der Waals surface area contributed by atoms with Gasteiger partial charge in [0.05, 0.1) is 0 Å². The molecule has 1 aliphatic rings. The van der Waals surface area contributed by atoms with Gasteiger partial charge in [-0.2, -0.15) is 0 Å². The van der Waals surface area contributed by atoms with Gasteiger partial charge in [0.15, 0.2) is 5.96 Å². The maximum Gasteiger partial charge on any atom is 0.188 e. The van der Waals surface area contributed by atoms with Crippen molar-refractivity contribution in [1.29, 1.82) is 0 Å². The quantitative estimate of drug-likeness (QED) is 0.242. The fourth-order valence-corrected chi connectivity index (χ4v) is 3.18. The van der Waals surface area contributed by atoms with Gasteiger partial charge in [0.25, 0.3) is 0 Å². The molecule has 1 aliphatic heterocycles. The molecule has 1 aromatic rings. The SMILES string of the molecule is CCCCCCCCN=C(N)NCCc1nnc2n1CCCCC2.I. The number of rotatable bonds is 10. The van der Waals surface area contributed by atoms with Crippen LogP contribution in [0.15, 0.2) is 4.99 Å². The van der Waals surface area contributed by atoms with Crippen LogP contribution in [0.2, 0.25) is 0 Å². The van der Waals surface area contributed by atoms with Crippen LogP contribution in [0.1, 0.15) is 76.4 Å². The van der Waals surface area contributed by atoms with Crippen LogP contribution >= 0.6 is 24.0 Å². The molecule has 0 saturated carbocycles. The zero-order chi connectivity index (χ0) is 17.0. The third-order valence-corrected chi connectivity index (χ3v) is 4.63. The van der Waals surface area contributed by atoms with Gasteiger partial charge in [-0.3, -0.25) is 4.99 Å². The summed E-state index contributed by atoms with van der Waals surface area (Å²) in [4.78, 5) is 4.40. The van der Waals surface area contributed by atoms with Gasteiger partial charge in [-0.15, -0.1) is 34.2 Å². The molecule has 3 N–H and O–H groups in total. The van der Waals surface area contributed by atoms with Crippen molar-refractivity contribution in [2.45, 2.75) is 84.1 Å². The first kappa shape index (κ1) is 22.2. The molecule has 0 radical (unpaired) electrons. The fraction of sp³-hybridized carbons (Fsp3) is 0.833. The van der Waals surface area contributed by atoms with Crippen molar-refractivity contribution in [2.24, 2.45) is 10.7 Å². The van der Waals surface area contributed by atoms with E-state index < -0.39 is 0 Å². The van der Waals surface area contributed by atoms with Gasteiger partial charge in [-0.1, -0.05) is 45.4 Å². The summed E-state index contributed by atoms with van der Waals surface area (Å²) >= 11 is 0. The van der Waals surface area contributed by atoms with Crippen LogP contribution in [-0.4, -0.2) is 33.8 Å². The molecule has 0 unspecified atom stereocenters. The van der Waals surface area contributed by atoms with E-state index in [2.05, 4.69) is 32.0 Å². The second kappa shape index (κ2) is 13.4. The number of guanidine groups is 1. The van der Waals surface area contributed by atoms with Crippen LogP contribution in [-0.2, 0) is 19.4 Å². The summed E-state index contributed by atoms with van der Waals surface area (Å²) in [6.45, 7) is 4.89. The van der Waals surface area contributed by atoms with E-state index in [0.717, 1.165) is 50.5 Å². The Hall–Kier alpha value is -0.860. The highest BCUT2D eigenvalue weighted by molar-refractivity contribution is 14.0. The van der Waals surface area contributed by atoms with Gasteiger partial charge in [-0.05, 0) is 19.3 Å². The van der Waals surface area contributed by atoms with Gasteiger partial charge in [0, 0.05) is 32.5 Å². The van der Waals surface area contributed by atoms with Crippen LogP contribution in [0, 0.1) is 0 Å². The minimum absolute atomic E-state index is 0. The summed E-state index contributed by atoms with van der Waals surface area (Å²) in [6, 6.07) is 0. The molecule has 6 nitrogen and oxygen atoms in total. The molecule has 0 aliphatic carbocycles. The first-order valence-electron chi connectivity index (χ1n) is 9.76. The molecule has 25 heavy (non-hydrogen) atoms. The molecule has 0 atom stereocenters. The smallest absolute Gasteiger partial charge is 0.188 e. The number of nitrogens with one attached hydrogen (secondary N) is 1. The highest BCUT2D eigenvalue weighted by Crippen LogP contribution is 2.14. The first-order valence-corrected chi connectivity index (χ1v) is 9.76. The van der Waals surface area contributed by atoms with E-state index in [1.54, 1.807) is 0 Å². The van der Waals surface area contributed by atoms with Gasteiger partial charge in [0.2, 0.25) is 0 Å². The summed E-state index contributed by atoms with van der Waals surface area (Å²) in [5.74, 6) is 2.77. The Bertz CT molecular complexity index is 500. The minimum atomic E-state index is 0. The van der Waals surface area contributed by atoms with Gasteiger partial charge < -0.3 is 15.6 Å². The molecule has 2 heterocycles. The number of hydrogen-bond donors (Lipinski definition) is 2. The van der Waals surface area contributed by atoms with Crippen molar-refractivity contribution in [3.63, 3.8) is 0 Å². The van der Waals surface area contributed by atoms with Crippen molar-refractivity contribution in [3.8, 4) is 0 Å². The Morgan fingerprint density at radius 1 is 1.12 bits per heavy atom. The average Bonchev–Trinajstić information content (AvgIpc) is 2.81. The molecule has 0 spiro atoms. The van der Waals surface area contributed by atoms with Crippen LogP contribution in [0.3, 0.4) is 0 Å². The van der Waals surface area contributed by atoms with Crippen LogP contribution in [0.4, 0.5) is 0 Å². The van der Waals surface area contributed by atoms with E-state index in [9.17, 15) is 0 Å². The van der Waals surface area contributed by atoms with E-state index in [0.29, 0.717) is 5.96 Å². The van der Waals surface area contributed by atoms with Gasteiger partial charge >= 0.3 is 0 Å². The number of hydrogen-bond acceptors (Lipinski definition) is 3. The van der Waals surface area contributed by atoms with E-state index in [1.165, 1.54) is 51.4 Å². The molecular weight excluding hydrogens is 427 g/mol. The standard InChI is InChI=1S/C18H34N6.HI/c1-2-3-4-5-6-9-13-20-18(19)21-14-12-17-23-22-16-11-8-7-10-15-24(16)17;/h2-15H2,1H3,(H3,19,20,21);1H. The summed E-state index contributed by atoms with van der Waals surface area (Å²) in [7, 11) is 0. The maximum atomic E-state index is 5.93. The maximum absolute atomic E-state index is 5.93. The second-order valence-corrected chi connectivity index (χ2v) is 6.71. The summed E-state index contributed by atoms with van der Waals surface area (Å²) in [5, 5.41) is 11.9. The Morgan fingerprint density at radius 2 is 1.92 bits per heavy atom. The molecule has 2 rings (SSSR count). The Balaban J connectivity index is 0.00000312. The van der Waals surface area contributed by atoms with E-state index in [4.69, 9.17) is 5.73 Å². The molecule has 0 bridgehead atoms. The highest BCUT2D eigenvalue weighted by Gasteiger charge is 2.14. The lowest BCUT2D eigenvalue weighted by Crippen LogP contribution is -2.33. The summed E-state index contributed by atoms with van der Waals surface area (Å²) < 4.78 is 2.29. The molecule has 0 aromatic carbocycles. The number of aliphatic imine (C=N–C) groups is 1. The third kappa shape index (κ3) is 8.37. The predicted molar refractivity (Wildman–Crippen MR) is 115 cm³/mol. The second-order valence-electron chi connectivity index (χ2n) is 6.71. The lowest BCUT2D eigenvalue weighted by molar-refractivity contribution is 0.600. The van der Waals surface area contributed by atoms with Crippen LogP contribution in [0.5, 0.6) is 0 Å². The Kier molecular flexibility index (Phi) is 11.9. The van der Waals surface area contributed by atoms with Crippen molar-refractivity contribution in [3.05, 3.63) is 11.6 Å². The molecular formula is C18H35IN6. The molecule has 0 saturated heterocycles. The van der Waals surface area contributed by atoms with E-state index >= 15 is 0 Å². The number of unbranched alkanes of at least 4 members (excludes halogenated alkanes) is 5. The monoisotopic (exact) mass is 462 g/mol. The van der Waals surface area contributed by atoms with Crippen molar-refractivity contribution < 1.29 is 0 Å². The lowest BCUT2D eigenvalue weighted by atomic mass is 10.1. The van der Waals surface area contributed by atoms with Crippen molar-refractivity contribution >= 4 is 29.9 Å². The number of halogens is 1. The van der Waals surface area contributed by atoms with Crippen LogP contribution in [0.25, 0.3) is 0 Å². The highest BCUT2D eigenvalue weighted by atomic mass is 127. The molecule has 7 heteroatoms. The molecule has 0 amide bonds. The summed E-state index contributed by atoms with van der Waals surface area (Å²) in [5.41, 5.74) is 5.93. The lowest BCUT2D eigenvalue weighted by Gasteiger charge is -2.08. The summed E-state index contributed by atoms with van der Waals surface area (Å²) in [6.07, 6.45) is 13.3. The normalized spacial score (nSPS) is 14.5. The zero-order valence-electron chi connectivity index (χ0n) is 15.7. The number of fused-ring (bicyclic) bond motifs is 1. The van der Waals surface area contributed by atoms with Crippen molar-refractivity contribution in [1.82, 2.24) is 20.1 Å². The van der Waals surface area contributed by atoms with E-state index in [-0.39, 0.29) is 24.0 Å². The molecule has 144 valence electrons. The van der Waals surface area contributed by atoms with Gasteiger partial charge in [-0.25, -0.2) is 0 Å². The Labute approximate surface area is 169 Å². The molecule has 1 aromatic heterocycles. The van der Waals surface area contributed by atoms with E-state index in [1.807, 2.05) is 0 Å². The molecule has 0 fully saturated rings. The largest absolute Gasteiger partial charge is 0.370 e. The number of nitrogens with two attached hydrogens (primary N) is 1. The first-order chi connectivity index (χ1) is 11.8. The zero-order valence-corrected chi connectivity index (χ0v) is 18.0. The van der Waals surface area contributed by atoms with Gasteiger partial charge in [0.1, 0.15) is 11.6 Å².